The third-order valence-corrected chi connectivity index (χ3v) is 8.48. The van der Waals surface area contributed by atoms with Crippen LogP contribution in [0.1, 0.15) is 142 Å². The minimum atomic E-state index is -0.624. The average Bonchev–Trinajstić information content (AvgIpc) is 2.93. The lowest BCUT2D eigenvalue weighted by atomic mass is 9.78. The molecular formula is C40H60N2O6. The van der Waals surface area contributed by atoms with Crippen molar-refractivity contribution in [1.82, 2.24) is 10.6 Å². The van der Waals surface area contributed by atoms with E-state index in [2.05, 4.69) is 10.6 Å². The van der Waals surface area contributed by atoms with Crippen LogP contribution in [0.2, 0.25) is 0 Å². The summed E-state index contributed by atoms with van der Waals surface area (Å²) in [5, 5.41) is 27.3. The van der Waals surface area contributed by atoms with E-state index in [0.29, 0.717) is 37.1 Å². The van der Waals surface area contributed by atoms with E-state index in [9.17, 15) is 29.4 Å². The van der Waals surface area contributed by atoms with Crippen molar-refractivity contribution in [2.24, 2.45) is 0 Å². The Labute approximate surface area is 288 Å². The molecule has 0 radical (unpaired) electrons. The van der Waals surface area contributed by atoms with Gasteiger partial charge in [0.25, 0.3) is 11.8 Å². The summed E-state index contributed by atoms with van der Waals surface area (Å²) in [7, 11) is 0. The quantitative estimate of drug-likeness (QED) is 0.135. The summed E-state index contributed by atoms with van der Waals surface area (Å²) in [5.41, 5.74) is 3.09. The second kappa shape index (κ2) is 15.7. The van der Waals surface area contributed by atoms with E-state index in [1.807, 2.05) is 107 Å². The number of phenols is 2. The Hall–Kier alpha value is -3.68. The van der Waals surface area contributed by atoms with E-state index in [-0.39, 0.29) is 46.0 Å². The van der Waals surface area contributed by atoms with Crippen LogP contribution in [0.3, 0.4) is 0 Å². The highest BCUT2D eigenvalue weighted by atomic mass is 16.3. The predicted octanol–water partition coefficient (Wildman–Crippen LogP) is 7.00. The SMILES string of the molecule is CC(C)(C)c1cc(CC(=O)C(=O)NCCCCCCNC(=O)C(=O)Cc2cc(C(C)(C)C)c(O)c(C(C)(C)C)c2)cc(C(C)(C)C)c1O. The molecule has 0 aliphatic heterocycles. The third kappa shape index (κ3) is 11.5. The number of unbranched alkanes of at least 4 members (excludes halogenated alkanes) is 3. The summed E-state index contributed by atoms with van der Waals surface area (Å²) >= 11 is 0. The Morgan fingerprint density at radius 1 is 0.479 bits per heavy atom. The number of carbonyl (C=O) groups excluding carboxylic acids is 4. The lowest BCUT2D eigenvalue weighted by Crippen LogP contribution is -2.33. The van der Waals surface area contributed by atoms with Gasteiger partial charge in [-0.05, 0) is 67.9 Å². The fraction of sp³-hybridized carbons (Fsp3) is 0.600. The van der Waals surface area contributed by atoms with Gasteiger partial charge < -0.3 is 20.8 Å². The van der Waals surface area contributed by atoms with E-state index in [1.54, 1.807) is 0 Å². The smallest absolute Gasteiger partial charge is 0.287 e. The molecule has 266 valence electrons. The van der Waals surface area contributed by atoms with Gasteiger partial charge in [-0.3, -0.25) is 19.2 Å². The summed E-state index contributed by atoms with van der Waals surface area (Å²) in [5.74, 6) is -1.82. The van der Waals surface area contributed by atoms with Gasteiger partial charge in [-0.2, -0.15) is 0 Å². The van der Waals surface area contributed by atoms with Crippen molar-refractivity contribution in [3.05, 3.63) is 57.6 Å². The van der Waals surface area contributed by atoms with Gasteiger partial charge in [-0.1, -0.05) is 120 Å². The number of carbonyl (C=O) groups is 4. The van der Waals surface area contributed by atoms with Crippen LogP contribution in [0.25, 0.3) is 0 Å². The van der Waals surface area contributed by atoms with E-state index in [4.69, 9.17) is 0 Å². The highest BCUT2D eigenvalue weighted by molar-refractivity contribution is 6.37. The Morgan fingerprint density at radius 3 is 0.958 bits per heavy atom. The number of phenolic OH excluding ortho intramolecular Hbond substituents is 2. The molecule has 0 atom stereocenters. The van der Waals surface area contributed by atoms with Gasteiger partial charge in [-0.25, -0.2) is 0 Å². The van der Waals surface area contributed by atoms with Crippen LogP contribution < -0.4 is 10.6 Å². The zero-order valence-corrected chi connectivity index (χ0v) is 31.5. The Kier molecular flexibility index (Phi) is 13.2. The van der Waals surface area contributed by atoms with Crippen LogP contribution in [0.4, 0.5) is 0 Å². The average molecular weight is 665 g/mol. The van der Waals surface area contributed by atoms with Gasteiger partial charge in [0, 0.05) is 25.9 Å². The minimum absolute atomic E-state index is 0.0427. The zero-order valence-electron chi connectivity index (χ0n) is 31.5. The normalized spacial score (nSPS) is 12.5. The van der Waals surface area contributed by atoms with E-state index >= 15 is 0 Å². The first-order chi connectivity index (χ1) is 21.8. The molecule has 0 aromatic heterocycles. The zero-order chi connectivity index (χ0) is 36.8. The highest BCUT2D eigenvalue weighted by Gasteiger charge is 2.29. The topological polar surface area (TPSA) is 133 Å². The van der Waals surface area contributed by atoms with Crippen LogP contribution in [0.5, 0.6) is 11.5 Å². The minimum Gasteiger partial charge on any atom is -0.507 e. The summed E-state index contributed by atoms with van der Waals surface area (Å²) in [6.45, 7) is 24.8. The van der Waals surface area contributed by atoms with Gasteiger partial charge in [0.05, 0.1) is 0 Å². The summed E-state index contributed by atoms with van der Waals surface area (Å²) < 4.78 is 0. The highest BCUT2D eigenvalue weighted by Crippen LogP contribution is 2.41. The first-order valence-corrected chi connectivity index (χ1v) is 17.2. The standard InChI is InChI=1S/C40H60N2O6/c1-37(2,3)27-19-25(20-28(33(27)45)38(4,5)6)23-31(43)35(47)41-17-15-13-14-16-18-42-36(48)32(44)24-26-21-29(39(7,8)9)34(46)30(22-26)40(10,11)12/h19-22,45-46H,13-18,23-24H2,1-12H3,(H,41,47)(H,42,48). The molecule has 8 nitrogen and oxygen atoms in total. The maximum absolute atomic E-state index is 12.7. The first-order valence-electron chi connectivity index (χ1n) is 17.2. The maximum Gasteiger partial charge on any atom is 0.287 e. The molecule has 0 fully saturated rings. The molecule has 2 rings (SSSR count). The van der Waals surface area contributed by atoms with Crippen molar-refractivity contribution in [3.8, 4) is 11.5 Å². The van der Waals surface area contributed by atoms with Crippen LogP contribution >= 0.6 is 0 Å². The number of rotatable bonds is 13. The molecule has 0 spiro atoms. The van der Waals surface area contributed by atoms with Crippen LogP contribution in [-0.4, -0.2) is 46.7 Å². The number of ketones is 2. The van der Waals surface area contributed by atoms with Crippen molar-refractivity contribution in [2.45, 2.75) is 143 Å². The molecule has 48 heavy (non-hydrogen) atoms. The summed E-state index contributed by atoms with van der Waals surface area (Å²) in [4.78, 5) is 50.5. The molecular weight excluding hydrogens is 604 g/mol. The van der Waals surface area contributed by atoms with E-state index in [1.165, 1.54) is 0 Å². The molecule has 4 N–H and O–H groups in total. The van der Waals surface area contributed by atoms with Crippen LogP contribution in [0, 0.1) is 0 Å². The van der Waals surface area contributed by atoms with Gasteiger partial charge in [0.15, 0.2) is 0 Å². The molecule has 0 aliphatic rings. The second-order valence-corrected chi connectivity index (χ2v) is 17.2. The van der Waals surface area contributed by atoms with Crippen molar-refractivity contribution in [1.29, 1.82) is 0 Å². The van der Waals surface area contributed by atoms with E-state index < -0.39 is 23.4 Å². The van der Waals surface area contributed by atoms with Gasteiger partial charge in [0.1, 0.15) is 11.5 Å². The van der Waals surface area contributed by atoms with Gasteiger partial charge in [-0.15, -0.1) is 0 Å². The molecule has 2 aromatic rings. The fourth-order valence-corrected chi connectivity index (χ4v) is 5.62. The van der Waals surface area contributed by atoms with Crippen molar-refractivity contribution < 1.29 is 29.4 Å². The van der Waals surface area contributed by atoms with Crippen LogP contribution in [-0.2, 0) is 53.7 Å². The molecule has 2 amide bonds. The number of Topliss-reactive ketones (excluding diaryl/α,β-unsaturated/α-hetero) is 2. The molecule has 0 bridgehead atoms. The molecule has 0 saturated heterocycles. The van der Waals surface area contributed by atoms with Crippen molar-refractivity contribution in [3.63, 3.8) is 0 Å². The van der Waals surface area contributed by atoms with Crippen molar-refractivity contribution in [2.75, 3.05) is 13.1 Å². The summed E-state index contributed by atoms with van der Waals surface area (Å²) in [6.07, 6.45) is 2.86. The number of hydrogen-bond acceptors (Lipinski definition) is 6. The van der Waals surface area contributed by atoms with Crippen LogP contribution in [0.15, 0.2) is 24.3 Å². The molecule has 8 heteroatoms. The maximum atomic E-state index is 12.7. The van der Waals surface area contributed by atoms with Gasteiger partial charge >= 0.3 is 0 Å². The number of benzene rings is 2. The molecule has 0 heterocycles. The fourth-order valence-electron chi connectivity index (χ4n) is 5.62. The van der Waals surface area contributed by atoms with Gasteiger partial charge in [0.2, 0.25) is 11.6 Å². The lowest BCUT2D eigenvalue weighted by molar-refractivity contribution is -0.137. The molecule has 0 aliphatic carbocycles. The number of amides is 2. The number of nitrogens with one attached hydrogen (secondary N) is 2. The first kappa shape index (κ1) is 40.5. The molecule has 2 aromatic carbocycles. The Balaban J connectivity index is 1.80. The number of hydrogen-bond donors (Lipinski definition) is 4. The predicted molar refractivity (Wildman–Crippen MR) is 193 cm³/mol. The van der Waals surface area contributed by atoms with E-state index in [0.717, 1.165) is 35.1 Å². The van der Waals surface area contributed by atoms with Crippen molar-refractivity contribution >= 4 is 23.4 Å². The third-order valence-electron chi connectivity index (χ3n) is 8.48. The lowest BCUT2D eigenvalue weighted by Gasteiger charge is -2.28. The molecule has 0 saturated carbocycles. The second-order valence-electron chi connectivity index (χ2n) is 17.2. The molecule has 0 unspecified atom stereocenters. The number of aromatic hydroxyl groups is 2. The monoisotopic (exact) mass is 664 g/mol. The summed E-state index contributed by atoms with van der Waals surface area (Å²) in [6, 6.07) is 7.28. The largest absolute Gasteiger partial charge is 0.507 e. The Bertz CT molecular complexity index is 1310. The Morgan fingerprint density at radius 2 is 0.729 bits per heavy atom.